The van der Waals surface area contributed by atoms with Gasteiger partial charge >= 0.3 is 0 Å². The number of hydrogen-bond donors (Lipinski definition) is 2. The average Bonchev–Trinajstić information content (AvgIpc) is 2.58. The molecule has 1 aliphatic heterocycles. The van der Waals surface area contributed by atoms with Crippen molar-refractivity contribution in [2.24, 2.45) is 4.99 Å². The van der Waals surface area contributed by atoms with Crippen LogP contribution < -0.4 is 10.6 Å². The average molecular weight is 537 g/mol. The van der Waals surface area contributed by atoms with E-state index in [1.165, 1.54) is 4.90 Å². The molecule has 1 aromatic rings. The molecule has 0 radical (unpaired) electrons. The van der Waals surface area contributed by atoms with Crippen LogP contribution in [0.2, 0.25) is 0 Å². The highest BCUT2D eigenvalue weighted by Gasteiger charge is 2.25. The molecule has 0 bridgehead atoms. The highest BCUT2D eigenvalue weighted by atomic mass is 127. The summed E-state index contributed by atoms with van der Waals surface area (Å²) in [4.78, 5) is 29.5. The predicted molar refractivity (Wildman–Crippen MR) is 118 cm³/mol. The van der Waals surface area contributed by atoms with Crippen molar-refractivity contribution in [2.75, 3.05) is 19.6 Å². The van der Waals surface area contributed by atoms with Gasteiger partial charge in [-0.15, -0.1) is 24.0 Å². The minimum Gasteiger partial charge on any atom is -0.357 e. The van der Waals surface area contributed by atoms with E-state index in [1.54, 1.807) is 0 Å². The number of hydrogen-bond acceptors (Lipinski definition) is 3. The van der Waals surface area contributed by atoms with Crippen molar-refractivity contribution in [2.45, 2.75) is 39.2 Å². The van der Waals surface area contributed by atoms with Crippen molar-refractivity contribution < 1.29 is 9.59 Å². The summed E-state index contributed by atoms with van der Waals surface area (Å²) in [5.41, 5.74) is 1.13. The number of aliphatic imine (C=N–C) groups is 1. The number of benzene rings is 1. The molecular formula is C18H26BrIN4O2. The molecule has 8 heteroatoms. The van der Waals surface area contributed by atoms with Gasteiger partial charge in [0.15, 0.2) is 5.96 Å². The third kappa shape index (κ3) is 6.53. The Morgan fingerprint density at radius 2 is 1.92 bits per heavy atom. The van der Waals surface area contributed by atoms with Crippen LogP contribution in [0.5, 0.6) is 0 Å². The fraction of sp³-hybridized carbons (Fsp3) is 0.500. The van der Waals surface area contributed by atoms with Crippen molar-refractivity contribution in [3.8, 4) is 0 Å². The van der Waals surface area contributed by atoms with Crippen LogP contribution in [0.25, 0.3) is 0 Å². The quantitative estimate of drug-likeness (QED) is 0.253. The summed E-state index contributed by atoms with van der Waals surface area (Å²) >= 11 is 3.56. The molecule has 2 N–H and O–H groups in total. The summed E-state index contributed by atoms with van der Waals surface area (Å²) in [7, 11) is 0. The second-order valence-electron chi connectivity index (χ2n) is 5.94. The number of guanidine groups is 1. The number of nitrogens with one attached hydrogen (secondary N) is 2. The van der Waals surface area contributed by atoms with E-state index in [0.717, 1.165) is 16.6 Å². The Morgan fingerprint density at radius 1 is 1.27 bits per heavy atom. The second kappa shape index (κ2) is 11.5. The van der Waals surface area contributed by atoms with Crippen LogP contribution in [0, 0.1) is 0 Å². The van der Waals surface area contributed by atoms with Crippen molar-refractivity contribution in [1.29, 1.82) is 0 Å². The van der Waals surface area contributed by atoms with E-state index in [1.807, 2.05) is 25.1 Å². The molecule has 0 saturated carbocycles. The molecule has 0 aromatic heterocycles. The number of likely N-dealkylation sites (tertiary alicyclic amines) is 1. The van der Waals surface area contributed by atoms with Crippen LogP contribution in [0.4, 0.5) is 0 Å². The number of nitrogens with zero attached hydrogens (tertiary/aromatic N) is 2. The van der Waals surface area contributed by atoms with Gasteiger partial charge in [0.1, 0.15) is 0 Å². The van der Waals surface area contributed by atoms with Crippen LogP contribution in [-0.4, -0.2) is 42.3 Å². The molecule has 1 atom stereocenters. The molecule has 144 valence electrons. The lowest BCUT2D eigenvalue weighted by atomic mass is 10.1. The zero-order valence-corrected chi connectivity index (χ0v) is 19.0. The van der Waals surface area contributed by atoms with Crippen LogP contribution in [-0.2, 0) is 9.59 Å². The zero-order chi connectivity index (χ0) is 18.2. The maximum Gasteiger partial charge on any atom is 0.229 e. The Morgan fingerprint density at radius 3 is 2.54 bits per heavy atom. The Hall–Kier alpha value is -1.16. The first-order valence-corrected chi connectivity index (χ1v) is 9.44. The largest absolute Gasteiger partial charge is 0.357 e. The summed E-state index contributed by atoms with van der Waals surface area (Å²) in [6, 6.07) is 8.09. The van der Waals surface area contributed by atoms with Crippen molar-refractivity contribution in [3.05, 3.63) is 34.3 Å². The molecule has 1 aromatic carbocycles. The van der Waals surface area contributed by atoms with E-state index >= 15 is 0 Å². The Kier molecular flexibility index (Phi) is 10.1. The SMILES string of the molecule is CCNC(=NCCN1C(=O)CCCC1=O)NC(C)c1ccccc1Br.I. The molecule has 1 heterocycles. The molecule has 6 nitrogen and oxygen atoms in total. The maximum absolute atomic E-state index is 11.8. The Bertz CT molecular complexity index is 638. The Balaban J connectivity index is 0.00000338. The van der Waals surface area contributed by atoms with E-state index in [2.05, 4.69) is 44.5 Å². The van der Waals surface area contributed by atoms with Crippen LogP contribution in [0.3, 0.4) is 0 Å². The standard InChI is InChI=1S/C18H25BrN4O2.HI/c1-3-20-18(22-13(2)14-7-4-5-8-15(14)19)21-11-12-23-16(24)9-6-10-17(23)25;/h4-5,7-8,13H,3,6,9-12H2,1-2H3,(H2,20,21,22);1H. The summed E-state index contributed by atoms with van der Waals surface area (Å²) in [6.45, 7) is 5.51. The topological polar surface area (TPSA) is 73.8 Å². The smallest absolute Gasteiger partial charge is 0.229 e. The first-order chi connectivity index (χ1) is 12.0. The summed E-state index contributed by atoms with van der Waals surface area (Å²) in [6.07, 6.45) is 1.56. The fourth-order valence-electron chi connectivity index (χ4n) is 2.74. The van der Waals surface area contributed by atoms with Gasteiger partial charge in [0, 0.05) is 30.4 Å². The highest BCUT2D eigenvalue weighted by Crippen LogP contribution is 2.22. The number of rotatable bonds is 6. The van der Waals surface area contributed by atoms with E-state index in [-0.39, 0.29) is 41.8 Å². The van der Waals surface area contributed by atoms with E-state index in [9.17, 15) is 9.59 Å². The van der Waals surface area contributed by atoms with Gasteiger partial charge in [-0.25, -0.2) is 0 Å². The van der Waals surface area contributed by atoms with E-state index < -0.39 is 0 Å². The predicted octanol–water partition coefficient (Wildman–Crippen LogP) is 3.22. The van der Waals surface area contributed by atoms with Gasteiger partial charge in [-0.05, 0) is 31.9 Å². The van der Waals surface area contributed by atoms with Crippen molar-refractivity contribution in [1.82, 2.24) is 15.5 Å². The lowest BCUT2D eigenvalue weighted by Gasteiger charge is -2.24. The molecule has 1 fully saturated rings. The molecule has 2 amide bonds. The van der Waals surface area contributed by atoms with Gasteiger partial charge in [0.05, 0.1) is 12.6 Å². The summed E-state index contributed by atoms with van der Waals surface area (Å²) < 4.78 is 1.04. The van der Waals surface area contributed by atoms with Crippen molar-refractivity contribution in [3.63, 3.8) is 0 Å². The normalized spacial score (nSPS) is 16.1. The maximum atomic E-state index is 11.8. The molecule has 0 aliphatic carbocycles. The third-order valence-electron chi connectivity index (χ3n) is 4.05. The third-order valence-corrected chi connectivity index (χ3v) is 4.77. The Labute approximate surface area is 180 Å². The summed E-state index contributed by atoms with van der Waals surface area (Å²) in [5, 5.41) is 6.55. The number of imide groups is 1. The van der Waals surface area contributed by atoms with Crippen molar-refractivity contribution >= 4 is 57.7 Å². The fourth-order valence-corrected chi connectivity index (χ4v) is 3.37. The number of amides is 2. The van der Waals surface area contributed by atoms with Gasteiger partial charge in [-0.1, -0.05) is 34.1 Å². The van der Waals surface area contributed by atoms with Crippen LogP contribution in [0.1, 0.15) is 44.7 Å². The number of carbonyl (C=O) groups is 2. The van der Waals surface area contributed by atoms with Gasteiger partial charge in [-0.3, -0.25) is 19.5 Å². The first-order valence-electron chi connectivity index (χ1n) is 8.65. The first kappa shape index (κ1) is 22.9. The summed E-state index contributed by atoms with van der Waals surface area (Å²) in [5.74, 6) is 0.486. The lowest BCUT2D eigenvalue weighted by molar-refractivity contribution is -0.147. The highest BCUT2D eigenvalue weighted by molar-refractivity contribution is 14.0. The van der Waals surface area contributed by atoms with E-state index in [0.29, 0.717) is 38.3 Å². The van der Waals surface area contributed by atoms with Gasteiger partial charge in [-0.2, -0.15) is 0 Å². The van der Waals surface area contributed by atoms with Gasteiger partial charge < -0.3 is 10.6 Å². The molecule has 1 unspecified atom stereocenters. The zero-order valence-electron chi connectivity index (χ0n) is 15.1. The molecule has 26 heavy (non-hydrogen) atoms. The number of halogens is 2. The van der Waals surface area contributed by atoms with Crippen LogP contribution >= 0.6 is 39.9 Å². The number of piperidine rings is 1. The second-order valence-corrected chi connectivity index (χ2v) is 6.80. The van der Waals surface area contributed by atoms with Gasteiger partial charge in [0.25, 0.3) is 0 Å². The van der Waals surface area contributed by atoms with E-state index in [4.69, 9.17) is 0 Å². The minimum atomic E-state index is -0.0917. The molecular weight excluding hydrogens is 511 g/mol. The molecule has 1 aliphatic rings. The molecule has 1 saturated heterocycles. The van der Waals surface area contributed by atoms with Gasteiger partial charge in [0.2, 0.25) is 11.8 Å². The molecule has 2 rings (SSSR count). The minimum absolute atomic E-state index is 0. The number of carbonyl (C=O) groups excluding carboxylic acids is 2. The van der Waals surface area contributed by atoms with Crippen LogP contribution in [0.15, 0.2) is 33.7 Å². The monoisotopic (exact) mass is 536 g/mol. The molecule has 0 spiro atoms. The lowest BCUT2D eigenvalue weighted by Crippen LogP contribution is -2.43.